The summed E-state index contributed by atoms with van der Waals surface area (Å²) in [5.41, 5.74) is 1.54. The average molecular weight is 577 g/mol. The first-order chi connectivity index (χ1) is 18.7. The molecule has 2 fully saturated rings. The van der Waals surface area contributed by atoms with Crippen molar-refractivity contribution in [3.63, 3.8) is 0 Å². The topological polar surface area (TPSA) is 91.3 Å². The fraction of sp³-hybridized carbons (Fsp3) is 0.423. The SMILES string of the molecule is O=C(NC1CCC(CN2C(=O)C3(CN(c4nncs4)C3)c3ccc(F)cc32)CC1)c1cc(Cl)cnc1C(F)F. The Hall–Kier alpha value is -3.25. The standard InChI is InChI=1S/C26H24ClF3N6O2S/c27-15-7-18(21(22(29)30)31-9-15)23(37)33-17-4-1-14(2-5-17)10-36-20-8-16(28)3-6-19(20)26(24(36)38)11-35(12-26)25-34-32-13-39-25/h3,6-9,13-14,17,22H,1-2,4-5,10-12H2,(H,33,37). The van der Waals surface area contributed by atoms with Crippen LogP contribution < -0.4 is 15.1 Å². The monoisotopic (exact) mass is 576 g/mol. The molecule has 4 heterocycles. The Balaban J connectivity index is 1.11. The summed E-state index contributed by atoms with van der Waals surface area (Å²) >= 11 is 7.29. The zero-order valence-corrected chi connectivity index (χ0v) is 22.2. The predicted octanol–water partition coefficient (Wildman–Crippen LogP) is 4.76. The zero-order valence-electron chi connectivity index (χ0n) is 20.6. The average Bonchev–Trinajstić information content (AvgIpc) is 3.49. The van der Waals surface area contributed by atoms with E-state index in [9.17, 15) is 22.8 Å². The molecule has 1 N–H and O–H groups in total. The number of halogens is 4. The van der Waals surface area contributed by atoms with Crippen LogP contribution >= 0.6 is 22.9 Å². The number of nitrogens with one attached hydrogen (secondary N) is 1. The second kappa shape index (κ2) is 10.1. The highest BCUT2D eigenvalue weighted by Gasteiger charge is 2.59. The van der Waals surface area contributed by atoms with E-state index >= 15 is 0 Å². The highest BCUT2D eigenvalue weighted by Crippen LogP contribution is 2.49. The van der Waals surface area contributed by atoms with E-state index in [1.165, 1.54) is 29.5 Å². The van der Waals surface area contributed by atoms with Crippen LogP contribution in [0.2, 0.25) is 5.02 Å². The molecule has 0 unspecified atom stereocenters. The molecule has 0 atom stereocenters. The Morgan fingerprint density at radius 3 is 2.67 bits per heavy atom. The molecule has 1 saturated heterocycles. The summed E-state index contributed by atoms with van der Waals surface area (Å²) in [5.74, 6) is -0.909. The van der Waals surface area contributed by atoms with Crippen molar-refractivity contribution in [3.8, 4) is 0 Å². The smallest absolute Gasteiger partial charge is 0.281 e. The Bertz CT molecular complexity index is 1410. The lowest BCUT2D eigenvalue weighted by molar-refractivity contribution is -0.124. The number of anilines is 2. The molecule has 3 aliphatic rings. The van der Waals surface area contributed by atoms with Gasteiger partial charge in [-0.05, 0) is 55.4 Å². The third-order valence-corrected chi connectivity index (χ3v) is 8.88. The molecule has 1 aromatic carbocycles. The van der Waals surface area contributed by atoms with Crippen LogP contribution in [0, 0.1) is 11.7 Å². The first-order valence-electron chi connectivity index (χ1n) is 12.6. The molecule has 6 rings (SSSR count). The van der Waals surface area contributed by atoms with Crippen LogP contribution in [-0.4, -0.2) is 52.7 Å². The van der Waals surface area contributed by atoms with Gasteiger partial charge in [0.15, 0.2) is 0 Å². The molecule has 1 spiro atoms. The van der Waals surface area contributed by atoms with E-state index in [4.69, 9.17) is 11.6 Å². The number of hydrogen-bond acceptors (Lipinski definition) is 7. The van der Waals surface area contributed by atoms with Gasteiger partial charge in [0, 0.05) is 31.9 Å². The van der Waals surface area contributed by atoms with E-state index in [0.29, 0.717) is 38.2 Å². The molecule has 3 aromatic rings. The van der Waals surface area contributed by atoms with Gasteiger partial charge in [0.1, 0.15) is 22.4 Å². The van der Waals surface area contributed by atoms with Crippen molar-refractivity contribution in [3.05, 3.63) is 63.6 Å². The number of carbonyl (C=O) groups excluding carboxylic acids is 2. The molecule has 1 aliphatic carbocycles. The minimum atomic E-state index is -2.89. The van der Waals surface area contributed by atoms with Crippen LogP contribution in [0.1, 0.15) is 53.7 Å². The summed E-state index contributed by atoms with van der Waals surface area (Å²) in [5, 5.41) is 11.7. The van der Waals surface area contributed by atoms with Crippen LogP contribution in [0.25, 0.3) is 0 Å². The molecule has 0 radical (unpaired) electrons. The summed E-state index contributed by atoms with van der Waals surface area (Å²) in [7, 11) is 0. The van der Waals surface area contributed by atoms with Gasteiger partial charge in [0.2, 0.25) is 11.0 Å². The molecule has 39 heavy (non-hydrogen) atoms. The predicted molar refractivity (Wildman–Crippen MR) is 140 cm³/mol. The largest absolute Gasteiger partial charge is 0.349 e. The minimum absolute atomic E-state index is 0.0349. The molecule has 0 bridgehead atoms. The van der Waals surface area contributed by atoms with Crippen molar-refractivity contribution in [1.82, 2.24) is 20.5 Å². The minimum Gasteiger partial charge on any atom is -0.349 e. The van der Waals surface area contributed by atoms with Crippen molar-refractivity contribution in [2.45, 2.75) is 43.6 Å². The molecular weight excluding hydrogens is 553 g/mol. The van der Waals surface area contributed by atoms with Crippen LogP contribution in [0.4, 0.5) is 24.0 Å². The Labute approximate surface area is 231 Å². The second-order valence-electron chi connectivity index (χ2n) is 10.3. The molecular formula is C26H24ClF3N6O2S. The lowest BCUT2D eigenvalue weighted by Crippen LogP contribution is -2.64. The molecule has 2 aliphatic heterocycles. The van der Waals surface area contributed by atoms with Gasteiger partial charge in [0.25, 0.3) is 12.3 Å². The summed E-state index contributed by atoms with van der Waals surface area (Å²) in [6.07, 6.45) is 0.896. The lowest BCUT2D eigenvalue weighted by atomic mass is 9.75. The van der Waals surface area contributed by atoms with Gasteiger partial charge >= 0.3 is 0 Å². The van der Waals surface area contributed by atoms with Gasteiger partial charge in [-0.1, -0.05) is 29.0 Å². The van der Waals surface area contributed by atoms with Crippen molar-refractivity contribution in [1.29, 1.82) is 0 Å². The quantitative estimate of drug-likeness (QED) is 0.455. The molecule has 2 aromatic heterocycles. The maximum atomic E-state index is 14.3. The van der Waals surface area contributed by atoms with Gasteiger partial charge in [-0.15, -0.1) is 10.2 Å². The van der Waals surface area contributed by atoms with E-state index in [1.807, 2.05) is 4.90 Å². The number of benzene rings is 1. The van der Waals surface area contributed by atoms with Gasteiger partial charge in [-0.3, -0.25) is 14.6 Å². The maximum absolute atomic E-state index is 14.3. The van der Waals surface area contributed by atoms with Gasteiger partial charge in [-0.25, -0.2) is 13.2 Å². The number of carbonyl (C=O) groups is 2. The van der Waals surface area contributed by atoms with E-state index in [2.05, 4.69) is 20.5 Å². The van der Waals surface area contributed by atoms with Crippen LogP contribution in [0.5, 0.6) is 0 Å². The summed E-state index contributed by atoms with van der Waals surface area (Å²) < 4.78 is 40.9. The second-order valence-corrected chi connectivity index (χ2v) is 11.6. The third kappa shape index (κ3) is 4.63. The number of hydrogen-bond donors (Lipinski definition) is 1. The Morgan fingerprint density at radius 2 is 1.97 bits per heavy atom. The molecule has 204 valence electrons. The highest BCUT2D eigenvalue weighted by atomic mass is 35.5. The zero-order chi connectivity index (χ0) is 27.3. The van der Waals surface area contributed by atoms with Crippen LogP contribution in [0.3, 0.4) is 0 Å². The number of rotatable bonds is 6. The number of alkyl halides is 2. The number of nitrogens with zero attached hydrogens (tertiary/aromatic N) is 5. The van der Waals surface area contributed by atoms with E-state index in [1.54, 1.807) is 16.5 Å². The molecule has 8 nitrogen and oxygen atoms in total. The molecule has 13 heteroatoms. The van der Waals surface area contributed by atoms with Gasteiger partial charge in [0.05, 0.1) is 16.3 Å². The van der Waals surface area contributed by atoms with Crippen molar-refractivity contribution < 1.29 is 22.8 Å². The normalized spacial score (nSPS) is 21.8. The fourth-order valence-corrected chi connectivity index (χ4v) is 6.68. The van der Waals surface area contributed by atoms with Crippen molar-refractivity contribution in [2.24, 2.45) is 5.92 Å². The van der Waals surface area contributed by atoms with E-state index in [-0.39, 0.29) is 28.5 Å². The molecule has 2 amide bonds. The number of pyridine rings is 1. The Morgan fingerprint density at radius 1 is 1.21 bits per heavy atom. The van der Waals surface area contributed by atoms with E-state index < -0.39 is 29.3 Å². The summed E-state index contributed by atoms with van der Waals surface area (Å²) in [6, 6.07) is 5.55. The Kier molecular flexibility index (Phi) is 6.70. The number of aromatic nitrogens is 3. The maximum Gasteiger partial charge on any atom is 0.281 e. The van der Waals surface area contributed by atoms with Crippen molar-refractivity contribution >= 4 is 45.6 Å². The molecule has 1 saturated carbocycles. The van der Waals surface area contributed by atoms with Crippen molar-refractivity contribution in [2.75, 3.05) is 29.4 Å². The first kappa shape index (κ1) is 26.0. The van der Waals surface area contributed by atoms with Gasteiger partial charge < -0.3 is 15.1 Å². The fourth-order valence-electron chi connectivity index (χ4n) is 5.96. The van der Waals surface area contributed by atoms with E-state index in [0.717, 1.165) is 29.7 Å². The first-order valence-corrected chi connectivity index (χ1v) is 13.9. The van der Waals surface area contributed by atoms with Gasteiger partial charge in [-0.2, -0.15) is 0 Å². The summed E-state index contributed by atoms with van der Waals surface area (Å²) in [6.45, 7) is 1.38. The lowest BCUT2D eigenvalue weighted by Gasteiger charge is -2.46. The van der Waals surface area contributed by atoms with Crippen LogP contribution in [-0.2, 0) is 10.2 Å². The number of fused-ring (bicyclic) bond motifs is 2. The summed E-state index contributed by atoms with van der Waals surface area (Å²) in [4.78, 5) is 33.8. The number of amides is 2. The van der Waals surface area contributed by atoms with Crippen LogP contribution in [0.15, 0.2) is 36.0 Å². The highest BCUT2D eigenvalue weighted by molar-refractivity contribution is 7.13. The third-order valence-electron chi connectivity index (χ3n) is 7.92.